The van der Waals surface area contributed by atoms with Crippen LogP contribution in [0.25, 0.3) is 0 Å². The number of anilines is 2. The van der Waals surface area contributed by atoms with Gasteiger partial charge in [0.2, 0.25) is 0 Å². The maximum atomic E-state index is 9.20. The summed E-state index contributed by atoms with van der Waals surface area (Å²) in [6, 6.07) is 13.9. The molecule has 3 rings (SSSR count). The van der Waals surface area contributed by atoms with Crippen LogP contribution in [0.15, 0.2) is 42.6 Å². The number of halogens is 1. The highest BCUT2D eigenvalue weighted by Gasteiger charge is 2.19. The number of benzene rings is 1. The van der Waals surface area contributed by atoms with Gasteiger partial charge in [0.05, 0.1) is 11.3 Å². The van der Waals surface area contributed by atoms with Gasteiger partial charge in [-0.1, -0.05) is 23.7 Å². The molecule has 0 spiro atoms. The maximum Gasteiger partial charge on any atom is 0.131 e. The molecule has 1 fully saturated rings. The molecule has 2 heterocycles. The Balaban J connectivity index is 1.72. The predicted molar refractivity (Wildman–Crippen MR) is 84.8 cm³/mol. The van der Waals surface area contributed by atoms with E-state index in [2.05, 4.69) is 20.9 Å². The molecule has 4 nitrogen and oxygen atoms in total. The van der Waals surface area contributed by atoms with Gasteiger partial charge in [-0.15, -0.1) is 0 Å². The summed E-state index contributed by atoms with van der Waals surface area (Å²) in [7, 11) is 0. The van der Waals surface area contributed by atoms with Crippen molar-refractivity contribution in [3.63, 3.8) is 0 Å². The van der Waals surface area contributed by atoms with Crippen molar-refractivity contribution < 1.29 is 0 Å². The van der Waals surface area contributed by atoms with E-state index in [9.17, 15) is 5.26 Å². The van der Waals surface area contributed by atoms with Crippen LogP contribution in [0.5, 0.6) is 0 Å². The zero-order chi connectivity index (χ0) is 14.7. The minimum Gasteiger partial charge on any atom is -0.368 e. The van der Waals surface area contributed by atoms with Gasteiger partial charge >= 0.3 is 0 Å². The van der Waals surface area contributed by atoms with Crippen molar-refractivity contribution in [1.82, 2.24) is 4.98 Å². The molecule has 0 radical (unpaired) electrons. The van der Waals surface area contributed by atoms with E-state index in [1.807, 2.05) is 36.4 Å². The topological polar surface area (TPSA) is 43.2 Å². The lowest BCUT2D eigenvalue weighted by Crippen LogP contribution is -2.46. The van der Waals surface area contributed by atoms with Crippen LogP contribution in [0.1, 0.15) is 5.56 Å². The minimum absolute atomic E-state index is 0.518. The summed E-state index contributed by atoms with van der Waals surface area (Å²) in [4.78, 5) is 8.56. The van der Waals surface area contributed by atoms with E-state index in [0.717, 1.165) is 43.1 Å². The summed E-state index contributed by atoms with van der Waals surface area (Å²) in [5.41, 5.74) is 2.86. The average molecular weight is 299 g/mol. The van der Waals surface area contributed by atoms with E-state index in [1.54, 1.807) is 6.20 Å². The number of hydrogen-bond acceptors (Lipinski definition) is 4. The molecule has 1 aromatic carbocycles. The first-order valence-corrected chi connectivity index (χ1v) is 7.26. The number of rotatable bonds is 2. The maximum absolute atomic E-state index is 9.20. The van der Waals surface area contributed by atoms with Crippen LogP contribution >= 0.6 is 11.6 Å². The Morgan fingerprint density at radius 1 is 1.05 bits per heavy atom. The Kier molecular flexibility index (Phi) is 3.94. The fourth-order valence-corrected chi connectivity index (χ4v) is 2.81. The van der Waals surface area contributed by atoms with Gasteiger partial charge < -0.3 is 9.80 Å². The van der Waals surface area contributed by atoms with Gasteiger partial charge in [0.1, 0.15) is 11.2 Å². The normalized spacial score (nSPS) is 14.9. The SMILES string of the molecule is N#Cc1ccccc1N1CCN(c2ccnc(Cl)c2)CC1. The molecule has 1 aliphatic rings. The van der Waals surface area contributed by atoms with Crippen LogP contribution in [0.4, 0.5) is 11.4 Å². The Morgan fingerprint density at radius 2 is 1.76 bits per heavy atom. The lowest BCUT2D eigenvalue weighted by Gasteiger charge is -2.37. The number of pyridine rings is 1. The average Bonchev–Trinajstić information content (AvgIpc) is 2.55. The third kappa shape index (κ3) is 2.93. The second-order valence-electron chi connectivity index (χ2n) is 4.94. The molecule has 1 saturated heterocycles. The standard InChI is InChI=1S/C16H15ClN4/c17-16-11-14(5-6-19-16)20-7-9-21(10-8-20)15-4-2-1-3-13(15)12-18/h1-6,11H,7-10H2. The molecule has 1 aliphatic heterocycles. The fraction of sp³-hybridized carbons (Fsp3) is 0.250. The third-order valence-electron chi connectivity index (χ3n) is 3.72. The quantitative estimate of drug-likeness (QED) is 0.800. The Morgan fingerprint density at radius 3 is 2.48 bits per heavy atom. The highest BCUT2D eigenvalue weighted by atomic mass is 35.5. The van der Waals surface area contributed by atoms with Crippen LogP contribution in [0.3, 0.4) is 0 Å². The zero-order valence-corrected chi connectivity index (χ0v) is 12.3. The fourth-order valence-electron chi connectivity index (χ4n) is 2.64. The van der Waals surface area contributed by atoms with Crippen molar-refractivity contribution >= 4 is 23.0 Å². The molecule has 0 aliphatic carbocycles. The summed E-state index contributed by atoms with van der Waals surface area (Å²) < 4.78 is 0. The number of para-hydroxylation sites is 1. The Bertz CT molecular complexity index is 672. The van der Waals surface area contributed by atoms with Crippen molar-refractivity contribution in [3.05, 3.63) is 53.3 Å². The van der Waals surface area contributed by atoms with Crippen LogP contribution < -0.4 is 9.80 Å². The van der Waals surface area contributed by atoms with Gasteiger partial charge in [0.15, 0.2) is 0 Å². The molecule has 2 aromatic rings. The van der Waals surface area contributed by atoms with E-state index in [1.165, 1.54) is 0 Å². The minimum atomic E-state index is 0.518. The lowest BCUT2D eigenvalue weighted by molar-refractivity contribution is 0.653. The third-order valence-corrected chi connectivity index (χ3v) is 3.93. The van der Waals surface area contributed by atoms with Crippen molar-refractivity contribution in [2.45, 2.75) is 0 Å². The molecule has 0 saturated carbocycles. The number of nitrogens with zero attached hydrogens (tertiary/aromatic N) is 4. The summed E-state index contributed by atoms with van der Waals surface area (Å²) in [6.45, 7) is 3.58. The molecule has 0 bridgehead atoms. The number of piperazine rings is 1. The summed E-state index contributed by atoms with van der Waals surface area (Å²) in [5, 5.41) is 9.72. The molecular formula is C16H15ClN4. The molecule has 21 heavy (non-hydrogen) atoms. The Labute approximate surface area is 129 Å². The highest BCUT2D eigenvalue weighted by Crippen LogP contribution is 2.24. The van der Waals surface area contributed by atoms with Gasteiger partial charge in [-0.3, -0.25) is 0 Å². The largest absolute Gasteiger partial charge is 0.368 e. The van der Waals surface area contributed by atoms with Crippen LogP contribution in [0.2, 0.25) is 5.15 Å². The first-order valence-electron chi connectivity index (χ1n) is 6.88. The predicted octanol–water partition coefficient (Wildman–Crippen LogP) is 2.93. The Hall–Kier alpha value is -2.25. The van der Waals surface area contributed by atoms with Crippen molar-refractivity contribution in [1.29, 1.82) is 5.26 Å². The first kappa shape index (κ1) is 13.7. The molecule has 0 amide bonds. The van der Waals surface area contributed by atoms with Gasteiger partial charge in [-0.05, 0) is 24.3 Å². The molecule has 1 aromatic heterocycles. The monoisotopic (exact) mass is 298 g/mol. The van der Waals surface area contributed by atoms with Gasteiger partial charge in [0, 0.05) is 38.1 Å². The van der Waals surface area contributed by atoms with E-state index in [0.29, 0.717) is 5.15 Å². The highest BCUT2D eigenvalue weighted by molar-refractivity contribution is 6.29. The van der Waals surface area contributed by atoms with E-state index in [-0.39, 0.29) is 0 Å². The van der Waals surface area contributed by atoms with Crippen molar-refractivity contribution in [3.8, 4) is 6.07 Å². The van der Waals surface area contributed by atoms with Gasteiger partial charge in [0.25, 0.3) is 0 Å². The summed E-state index contributed by atoms with van der Waals surface area (Å²) >= 11 is 5.94. The molecule has 5 heteroatoms. The van der Waals surface area contributed by atoms with E-state index < -0.39 is 0 Å². The summed E-state index contributed by atoms with van der Waals surface area (Å²) in [6.07, 6.45) is 1.73. The van der Waals surface area contributed by atoms with E-state index >= 15 is 0 Å². The number of aromatic nitrogens is 1. The number of nitriles is 1. The van der Waals surface area contributed by atoms with Crippen LogP contribution in [-0.2, 0) is 0 Å². The van der Waals surface area contributed by atoms with Crippen molar-refractivity contribution in [2.75, 3.05) is 36.0 Å². The number of hydrogen-bond donors (Lipinski definition) is 0. The molecular weight excluding hydrogens is 284 g/mol. The molecule has 0 atom stereocenters. The summed E-state index contributed by atoms with van der Waals surface area (Å²) in [5.74, 6) is 0. The van der Waals surface area contributed by atoms with Crippen molar-refractivity contribution in [2.24, 2.45) is 0 Å². The second kappa shape index (κ2) is 6.02. The molecule has 0 N–H and O–H groups in total. The zero-order valence-electron chi connectivity index (χ0n) is 11.5. The second-order valence-corrected chi connectivity index (χ2v) is 5.33. The lowest BCUT2D eigenvalue weighted by atomic mass is 10.1. The first-order chi connectivity index (χ1) is 10.3. The smallest absolute Gasteiger partial charge is 0.131 e. The molecule has 0 unspecified atom stereocenters. The van der Waals surface area contributed by atoms with Crippen LogP contribution in [-0.4, -0.2) is 31.2 Å². The van der Waals surface area contributed by atoms with Crippen LogP contribution in [0, 0.1) is 11.3 Å². The van der Waals surface area contributed by atoms with Gasteiger partial charge in [-0.2, -0.15) is 5.26 Å². The van der Waals surface area contributed by atoms with E-state index in [4.69, 9.17) is 11.6 Å². The van der Waals surface area contributed by atoms with Gasteiger partial charge in [-0.25, -0.2) is 4.98 Å². The molecule has 106 valence electrons.